The highest BCUT2D eigenvalue weighted by molar-refractivity contribution is 5.24. The van der Waals surface area contributed by atoms with Gasteiger partial charge in [0.05, 0.1) is 12.0 Å². The summed E-state index contributed by atoms with van der Waals surface area (Å²) in [6.45, 7) is 7.28. The monoisotopic (exact) mass is 273 g/mol. The summed E-state index contributed by atoms with van der Waals surface area (Å²) in [5.41, 5.74) is 1.22. The molecule has 2 atom stereocenters. The second-order valence-electron chi connectivity index (χ2n) is 5.03. The second-order valence-corrected chi connectivity index (χ2v) is 5.03. The average molecular weight is 273 g/mol. The lowest BCUT2D eigenvalue weighted by molar-refractivity contribution is 0.381. The number of rotatable bonds is 7. The molecule has 20 heavy (non-hydrogen) atoms. The van der Waals surface area contributed by atoms with Gasteiger partial charge in [-0.3, -0.25) is 0 Å². The normalized spacial score (nSPS) is 14.2. The molecule has 4 heteroatoms. The summed E-state index contributed by atoms with van der Waals surface area (Å²) in [7, 11) is 0. The number of hydrogen-bond donors (Lipinski definition) is 1. The summed E-state index contributed by atoms with van der Waals surface area (Å²) < 4.78 is 5.87. The van der Waals surface area contributed by atoms with Crippen LogP contribution in [0.25, 0.3) is 0 Å². The summed E-state index contributed by atoms with van der Waals surface area (Å²) in [4.78, 5) is 0. The molecule has 108 valence electrons. The zero-order chi connectivity index (χ0) is 14.4. The Morgan fingerprint density at radius 2 is 1.80 bits per heavy atom. The lowest BCUT2D eigenvalue weighted by Crippen LogP contribution is -2.19. The van der Waals surface area contributed by atoms with Gasteiger partial charge in [-0.2, -0.15) is 0 Å². The van der Waals surface area contributed by atoms with Gasteiger partial charge in [0.25, 0.3) is 0 Å². The van der Waals surface area contributed by atoms with Gasteiger partial charge < -0.3 is 9.73 Å². The van der Waals surface area contributed by atoms with Gasteiger partial charge in [-0.1, -0.05) is 44.2 Å². The molecular formula is C16H23N3O. The van der Waals surface area contributed by atoms with E-state index in [0.29, 0.717) is 11.8 Å². The van der Waals surface area contributed by atoms with Crippen molar-refractivity contribution in [3.8, 4) is 0 Å². The highest BCUT2D eigenvalue weighted by atomic mass is 16.4. The predicted octanol–water partition coefficient (Wildman–Crippen LogP) is 3.67. The minimum atomic E-state index is 0.101. The molecule has 0 aliphatic carbocycles. The Bertz CT molecular complexity index is 509. The highest BCUT2D eigenvalue weighted by Gasteiger charge is 2.20. The predicted molar refractivity (Wildman–Crippen MR) is 79.6 cm³/mol. The standard InChI is InChI=1S/C16H23N3O/c1-4-11-17-12(3)15-18-19-16(20-15)14(5-2)13-9-7-6-8-10-13/h6-10,12,14,17H,4-5,11H2,1-3H3. The van der Waals surface area contributed by atoms with Gasteiger partial charge in [0.2, 0.25) is 11.8 Å². The van der Waals surface area contributed by atoms with Gasteiger partial charge >= 0.3 is 0 Å². The van der Waals surface area contributed by atoms with Gasteiger partial charge in [0.15, 0.2) is 0 Å². The molecule has 0 aliphatic heterocycles. The molecule has 0 radical (unpaired) electrons. The van der Waals surface area contributed by atoms with Crippen LogP contribution in [-0.2, 0) is 0 Å². The van der Waals surface area contributed by atoms with Crippen molar-refractivity contribution in [2.24, 2.45) is 0 Å². The Labute approximate surface area is 120 Å². The van der Waals surface area contributed by atoms with Crippen LogP contribution in [0.1, 0.15) is 62.9 Å². The van der Waals surface area contributed by atoms with Gasteiger partial charge in [-0.15, -0.1) is 10.2 Å². The zero-order valence-electron chi connectivity index (χ0n) is 12.5. The first kappa shape index (κ1) is 14.7. The number of aromatic nitrogens is 2. The van der Waals surface area contributed by atoms with E-state index in [1.54, 1.807) is 0 Å². The number of nitrogens with one attached hydrogen (secondary N) is 1. The molecule has 1 aromatic carbocycles. The van der Waals surface area contributed by atoms with Crippen LogP contribution in [0.3, 0.4) is 0 Å². The van der Waals surface area contributed by atoms with E-state index in [1.807, 2.05) is 18.2 Å². The van der Waals surface area contributed by atoms with Crippen molar-refractivity contribution in [3.63, 3.8) is 0 Å². The topological polar surface area (TPSA) is 51.0 Å². The highest BCUT2D eigenvalue weighted by Crippen LogP contribution is 2.27. The molecule has 0 fully saturated rings. The molecule has 2 unspecified atom stereocenters. The van der Waals surface area contributed by atoms with Crippen LogP contribution in [0.5, 0.6) is 0 Å². The van der Waals surface area contributed by atoms with Crippen molar-refractivity contribution < 1.29 is 4.42 Å². The molecule has 4 nitrogen and oxygen atoms in total. The Balaban J connectivity index is 2.14. The quantitative estimate of drug-likeness (QED) is 0.836. The van der Waals surface area contributed by atoms with Crippen molar-refractivity contribution >= 4 is 0 Å². The third-order valence-corrected chi connectivity index (χ3v) is 3.44. The average Bonchev–Trinajstić information content (AvgIpc) is 2.96. The molecule has 0 saturated carbocycles. The molecule has 2 aromatic rings. The fourth-order valence-corrected chi connectivity index (χ4v) is 2.25. The van der Waals surface area contributed by atoms with Crippen molar-refractivity contribution in [2.75, 3.05) is 6.54 Å². The summed E-state index contributed by atoms with van der Waals surface area (Å²) in [5, 5.41) is 11.8. The summed E-state index contributed by atoms with van der Waals surface area (Å²) in [6, 6.07) is 10.4. The van der Waals surface area contributed by atoms with Crippen molar-refractivity contribution in [2.45, 2.75) is 45.6 Å². The Kier molecular flexibility index (Phi) is 5.30. The van der Waals surface area contributed by atoms with Gasteiger partial charge in [-0.25, -0.2) is 0 Å². The van der Waals surface area contributed by atoms with Gasteiger partial charge in [0, 0.05) is 0 Å². The van der Waals surface area contributed by atoms with Gasteiger partial charge in [0.1, 0.15) is 0 Å². The molecule has 0 amide bonds. The third-order valence-electron chi connectivity index (χ3n) is 3.44. The van der Waals surface area contributed by atoms with Crippen molar-refractivity contribution in [1.82, 2.24) is 15.5 Å². The molecule has 0 aliphatic rings. The molecule has 2 rings (SSSR count). The van der Waals surface area contributed by atoms with E-state index in [4.69, 9.17) is 4.42 Å². The van der Waals surface area contributed by atoms with Crippen LogP contribution in [0, 0.1) is 0 Å². The fourth-order valence-electron chi connectivity index (χ4n) is 2.25. The first-order chi connectivity index (χ1) is 9.76. The van der Waals surface area contributed by atoms with Crippen LogP contribution < -0.4 is 5.32 Å². The van der Waals surface area contributed by atoms with Crippen LogP contribution >= 0.6 is 0 Å². The van der Waals surface area contributed by atoms with E-state index < -0.39 is 0 Å². The number of benzene rings is 1. The number of nitrogens with zero attached hydrogens (tertiary/aromatic N) is 2. The molecular weight excluding hydrogens is 250 g/mol. The van der Waals surface area contributed by atoms with Crippen LogP contribution in [0.4, 0.5) is 0 Å². The van der Waals surface area contributed by atoms with E-state index in [9.17, 15) is 0 Å². The van der Waals surface area contributed by atoms with E-state index in [-0.39, 0.29) is 12.0 Å². The minimum absolute atomic E-state index is 0.101. The molecule has 1 N–H and O–H groups in total. The maximum atomic E-state index is 5.87. The van der Waals surface area contributed by atoms with Crippen LogP contribution in [0.15, 0.2) is 34.7 Å². The van der Waals surface area contributed by atoms with Crippen molar-refractivity contribution in [3.05, 3.63) is 47.7 Å². The first-order valence-corrected chi connectivity index (χ1v) is 7.37. The molecule has 1 heterocycles. The molecule has 0 bridgehead atoms. The first-order valence-electron chi connectivity index (χ1n) is 7.37. The fraction of sp³-hybridized carbons (Fsp3) is 0.500. The lowest BCUT2D eigenvalue weighted by Gasteiger charge is -2.11. The molecule has 0 saturated heterocycles. The summed E-state index contributed by atoms with van der Waals surface area (Å²) in [5.74, 6) is 1.55. The minimum Gasteiger partial charge on any atom is -0.423 e. The third kappa shape index (κ3) is 3.45. The van der Waals surface area contributed by atoms with Crippen molar-refractivity contribution in [1.29, 1.82) is 0 Å². The zero-order valence-corrected chi connectivity index (χ0v) is 12.5. The van der Waals surface area contributed by atoms with Crippen LogP contribution in [-0.4, -0.2) is 16.7 Å². The SMILES string of the molecule is CCCNC(C)c1nnc(C(CC)c2ccccc2)o1. The maximum Gasteiger partial charge on any atom is 0.233 e. The smallest absolute Gasteiger partial charge is 0.233 e. The molecule has 1 aromatic heterocycles. The van der Waals surface area contributed by atoms with E-state index in [1.165, 1.54) is 5.56 Å². The largest absolute Gasteiger partial charge is 0.423 e. The van der Waals surface area contributed by atoms with E-state index in [2.05, 4.69) is 48.4 Å². The Morgan fingerprint density at radius 3 is 2.45 bits per heavy atom. The van der Waals surface area contributed by atoms with E-state index in [0.717, 1.165) is 19.4 Å². The van der Waals surface area contributed by atoms with Crippen LogP contribution in [0.2, 0.25) is 0 Å². The Morgan fingerprint density at radius 1 is 1.10 bits per heavy atom. The van der Waals surface area contributed by atoms with Gasteiger partial charge in [-0.05, 0) is 31.9 Å². The second kappa shape index (κ2) is 7.20. The maximum absolute atomic E-state index is 5.87. The summed E-state index contributed by atoms with van der Waals surface area (Å²) >= 11 is 0. The Hall–Kier alpha value is -1.68. The molecule has 0 spiro atoms. The number of hydrogen-bond acceptors (Lipinski definition) is 4. The van der Waals surface area contributed by atoms with E-state index >= 15 is 0 Å². The summed E-state index contributed by atoms with van der Waals surface area (Å²) in [6.07, 6.45) is 2.04. The lowest BCUT2D eigenvalue weighted by atomic mass is 9.97.